The van der Waals surface area contributed by atoms with E-state index in [-0.39, 0.29) is 11.7 Å². The minimum atomic E-state index is -0.301. The summed E-state index contributed by atoms with van der Waals surface area (Å²) < 4.78 is 14.9. The van der Waals surface area contributed by atoms with Crippen LogP contribution in [-0.4, -0.2) is 15.9 Å². The molecule has 0 fully saturated rings. The first-order chi connectivity index (χ1) is 8.61. The summed E-state index contributed by atoms with van der Waals surface area (Å²) in [5.74, 6) is -0.178. The van der Waals surface area contributed by atoms with E-state index in [1.807, 2.05) is 6.92 Å². The highest BCUT2D eigenvalue weighted by Crippen LogP contribution is 2.24. The Bertz CT molecular complexity index is 629. The molecule has 1 aromatic heterocycles. The molecule has 0 bridgehead atoms. The minimum Gasteiger partial charge on any atom is -0.493 e. The maximum Gasteiger partial charge on any atom is 0.212 e. The standard InChI is InChI=1S/C12H11FN2OS2/c1-2-15-11(16)10(18-12(15)17)7-14-9-5-3-8(13)4-6-9/h3-7,16H,2H2,1H3. The molecule has 0 radical (unpaired) electrons. The Kier molecular flexibility index (Phi) is 3.88. The van der Waals surface area contributed by atoms with Crippen LogP contribution >= 0.6 is 23.6 Å². The molecule has 0 amide bonds. The van der Waals surface area contributed by atoms with Gasteiger partial charge in [-0.3, -0.25) is 9.56 Å². The Morgan fingerprint density at radius 2 is 2.11 bits per heavy atom. The summed E-state index contributed by atoms with van der Waals surface area (Å²) in [7, 11) is 0. The van der Waals surface area contributed by atoms with Crippen LogP contribution in [0.25, 0.3) is 0 Å². The molecule has 0 saturated heterocycles. The Morgan fingerprint density at radius 1 is 1.44 bits per heavy atom. The molecule has 0 saturated carbocycles. The van der Waals surface area contributed by atoms with E-state index in [0.717, 1.165) is 0 Å². The maximum absolute atomic E-state index is 12.7. The molecule has 18 heavy (non-hydrogen) atoms. The van der Waals surface area contributed by atoms with Crippen molar-refractivity contribution >= 4 is 35.5 Å². The molecule has 2 aromatic rings. The van der Waals surface area contributed by atoms with Gasteiger partial charge in [-0.1, -0.05) is 11.3 Å². The van der Waals surface area contributed by atoms with E-state index < -0.39 is 0 Å². The lowest BCUT2D eigenvalue weighted by molar-refractivity contribution is 0.419. The quantitative estimate of drug-likeness (QED) is 0.685. The van der Waals surface area contributed by atoms with E-state index in [9.17, 15) is 9.50 Å². The van der Waals surface area contributed by atoms with Gasteiger partial charge >= 0.3 is 0 Å². The first-order valence-corrected chi connectivity index (χ1v) is 6.56. The fraction of sp³-hybridized carbons (Fsp3) is 0.167. The number of aromatic nitrogens is 1. The van der Waals surface area contributed by atoms with Gasteiger partial charge in [0.05, 0.1) is 11.9 Å². The minimum absolute atomic E-state index is 0.123. The maximum atomic E-state index is 12.7. The molecule has 0 aliphatic rings. The van der Waals surface area contributed by atoms with Gasteiger partial charge in [0.2, 0.25) is 5.88 Å². The number of hydrogen-bond acceptors (Lipinski definition) is 4. The highest BCUT2D eigenvalue weighted by molar-refractivity contribution is 7.73. The van der Waals surface area contributed by atoms with Gasteiger partial charge in [-0.25, -0.2) is 4.39 Å². The van der Waals surface area contributed by atoms with Crippen molar-refractivity contribution in [2.45, 2.75) is 13.5 Å². The van der Waals surface area contributed by atoms with E-state index in [1.54, 1.807) is 16.7 Å². The zero-order valence-corrected chi connectivity index (χ0v) is 11.3. The Balaban J connectivity index is 2.29. The van der Waals surface area contributed by atoms with Gasteiger partial charge in [-0.05, 0) is 43.4 Å². The summed E-state index contributed by atoms with van der Waals surface area (Å²) in [6.07, 6.45) is 1.54. The summed E-state index contributed by atoms with van der Waals surface area (Å²) in [5, 5.41) is 9.89. The molecule has 94 valence electrons. The molecule has 1 heterocycles. The van der Waals surface area contributed by atoms with Crippen LogP contribution in [-0.2, 0) is 6.54 Å². The first-order valence-electron chi connectivity index (χ1n) is 5.34. The normalized spacial score (nSPS) is 11.2. The summed E-state index contributed by atoms with van der Waals surface area (Å²) in [4.78, 5) is 4.77. The summed E-state index contributed by atoms with van der Waals surface area (Å²) in [6, 6.07) is 5.81. The van der Waals surface area contributed by atoms with Crippen molar-refractivity contribution in [1.29, 1.82) is 0 Å². The van der Waals surface area contributed by atoms with Crippen molar-refractivity contribution in [3.05, 3.63) is 38.9 Å². The third kappa shape index (κ3) is 2.65. The molecule has 6 heteroatoms. The topological polar surface area (TPSA) is 37.5 Å². The number of aliphatic imine (C=N–C) groups is 1. The number of thiazole rings is 1. The predicted octanol–water partition coefficient (Wildman–Crippen LogP) is 3.89. The number of hydrogen-bond donors (Lipinski definition) is 1. The van der Waals surface area contributed by atoms with Gasteiger partial charge in [-0.2, -0.15) is 0 Å². The number of nitrogens with zero attached hydrogens (tertiary/aromatic N) is 2. The lowest BCUT2D eigenvalue weighted by Gasteiger charge is -1.98. The molecule has 1 N–H and O–H groups in total. The predicted molar refractivity (Wildman–Crippen MR) is 74.1 cm³/mol. The van der Waals surface area contributed by atoms with Crippen LogP contribution in [0.5, 0.6) is 5.88 Å². The third-order valence-electron chi connectivity index (χ3n) is 2.37. The molecule has 0 unspecified atom stereocenters. The van der Waals surface area contributed by atoms with Crippen LogP contribution in [0.3, 0.4) is 0 Å². The van der Waals surface area contributed by atoms with Gasteiger partial charge in [-0.15, -0.1) is 0 Å². The highest BCUT2D eigenvalue weighted by atomic mass is 32.1. The van der Waals surface area contributed by atoms with Crippen molar-refractivity contribution in [2.24, 2.45) is 4.99 Å². The second-order valence-corrected chi connectivity index (χ2v) is 5.21. The molecule has 2 rings (SSSR count). The average molecular weight is 282 g/mol. The van der Waals surface area contributed by atoms with Crippen LogP contribution in [0, 0.1) is 9.77 Å². The van der Waals surface area contributed by atoms with Crippen LogP contribution in [0.15, 0.2) is 29.3 Å². The third-order valence-corrected chi connectivity index (χ3v) is 3.74. The van der Waals surface area contributed by atoms with Gasteiger partial charge in [0.15, 0.2) is 3.95 Å². The van der Waals surface area contributed by atoms with E-state index in [2.05, 4.69) is 4.99 Å². The van der Waals surface area contributed by atoms with Gasteiger partial charge in [0.25, 0.3) is 0 Å². The molecule has 1 aromatic carbocycles. The van der Waals surface area contributed by atoms with Crippen molar-refractivity contribution in [3.63, 3.8) is 0 Å². The fourth-order valence-corrected chi connectivity index (χ4v) is 2.74. The molecule has 0 spiro atoms. The van der Waals surface area contributed by atoms with Crippen LogP contribution in [0.2, 0.25) is 0 Å². The molecule has 0 aliphatic heterocycles. The second kappa shape index (κ2) is 5.41. The van der Waals surface area contributed by atoms with Gasteiger partial charge < -0.3 is 5.11 Å². The monoisotopic (exact) mass is 282 g/mol. The lowest BCUT2D eigenvalue weighted by Crippen LogP contribution is -1.92. The molecule has 3 nitrogen and oxygen atoms in total. The zero-order chi connectivity index (χ0) is 13.1. The SMILES string of the molecule is CCn1c(O)c(C=Nc2ccc(F)cc2)sc1=S. The van der Waals surface area contributed by atoms with Crippen LogP contribution in [0.4, 0.5) is 10.1 Å². The molecular weight excluding hydrogens is 271 g/mol. The largest absolute Gasteiger partial charge is 0.493 e. The number of aromatic hydroxyl groups is 1. The van der Waals surface area contributed by atoms with Crippen molar-refractivity contribution in [2.75, 3.05) is 0 Å². The Hall–Kier alpha value is -1.53. The number of rotatable bonds is 3. The van der Waals surface area contributed by atoms with E-state index in [1.165, 1.54) is 29.7 Å². The molecule has 0 aliphatic carbocycles. The smallest absolute Gasteiger partial charge is 0.212 e. The highest BCUT2D eigenvalue weighted by Gasteiger charge is 2.07. The van der Waals surface area contributed by atoms with Crippen molar-refractivity contribution in [1.82, 2.24) is 4.57 Å². The van der Waals surface area contributed by atoms with E-state index >= 15 is 0 Å². The van der Waals surface area contributed by atoms with Crippen LogP contribution in [0.1, 0.15) is 11.8 Å². The summed E-state index contributed by atoms with van der Waals surface area (Å²) in [6.45, 7) is 2.52. The fourth-order valence-electron chi connectivity index (χ4n) is 1.44. The van der Waals surface area contributed by atoms with Gasteiger partial charge in [0.1, 0.15) is 10.7 Å². The second-order valence-electron chi connectivity index (χ2n) is 3.53. The Labute approximate surface area is 113 Å². The Morgan fingerprint density at radius 3 is 2.67 bits per heavy atom. The summed E-state index contributed by atoms with van der Waals surface area (Å²) >= 11 is 6.41. The van der Waals surface area contributed by atoms with Gasteiger partial charge in [0, 0.05) is 6.54 Å². The molecular formula is C12H11FN2OS2. The lowest BCUT2D eigenvalue weighted by atomic mass is 10.3. The number of benzene rings is 1. The summed E-state index contributed by atoms with van der Waals surface area (Å²) in [5.41, 5.74) is 0.623. The van der Waals surface area contributed by atoms with Crippen LogP contribution < -0.4 is 0 Å². The average Bonchev–Trinajstić information content (AvgIpc) is 2.63. The first kappa shape index (κ1) is 12.9. The number of halogens is 1. The zero-order valence-electron chi connectivity index (χ0n) is 9.63. The van der Waals surface area contributed by atoms with Crippen molar-refractivity contribution < 1.29 is 9.50 Å². The van der Waals surface area contributed by atoms with E-state index in [4.69, 9.17) is 12.2 Å². The molecule has 0 atom stereocenters. The van der Waals surface area contributed by atoms with E-state index in [0.29, 0.717) is 21.1 Å². The van der Waals surface area contributed by atoms with Crippen molar-refractivity contribution in [3.8, 4) is 5.88 Å².